The van der Waals surface area contributed by atoms with Crippen LogP contribution in [0.4, 0.5) is 0 Å². The van der Waals surface area contributed by atoms with Gasteiger partial charge in [-0.2, -0.15) is 0 Å². The molecule has 0 aliphatic carbocycles. The summed E-state index contributed by atoms with van der Waals surface area (Å²) in [7, 11) is 0. The number of rotatable bonds is 4. The Kier molecular flexibility index (Phi) is 5.12. The van der Waals surface area contributed by atoms with Gasteiger partial charge in [0.1, 0.15) is 0 Å². The van der Waals surface area contributed by atoms with Crippen molar-refractivity contribution in [1.82, 2.24) is 30.0 Å². The molecule has 0 unspecified atom stereocenters. The van der Waals surface area contributed by atoms with Crippen molar-refractivity contribution in [2.75, 3.05) is 0 Å². The van der Waals surface area contributed by atoms with Gasteiger partial charge in [0, 0.05) is 35.9 Å². The Hall–Kier alpha value is -4.79. The number of hydrogen-bond donors (Lipinski definition) is 2. The fourth-order valence-corrected chi connectivity index (χ4v) is 3.64. The number of aromatic amines is 1. The predicted molar refractivity (Wildman–Crippen MR) is 123 cm³/mol. The number of nitrogens with one attached hydrogen (secondary N) is 2. The molecular formula is C24H18N6O3. The third kappa shape index (κ3) is 3.94. The van der Waals surface area contributed by atoms with Gasteiger partial charge < -0.3 is 0 Å². The summed E-state index contributed by atoms with van der Waals surface area (Å²) in [6.07, 6.45) is 9.91. The second-order valence-corrected chi connectivity index (χ2v) is 7.37. The second kappa shape index (κ2) is 8.39. The van der Waals surface area contributed by atoms with Crippen LogP contribution in [-0.4, -0.2) is 30.4 Å². The van der Waals surface area contributed by atoms with Crippen molar-refractivity contribution < 1.29 is 4.79 Å². The number of H-pyrrole nitrogens is 1. The maximum Gasteiger partial charge on any atom is 0.329 e. The molecule has 5 rings (SSSR count). The van der Waals surface area contributed by atoms with Gasteiger partial charge in [-0.05, 0) is 35.9 Å². The highest BCUT2D eigenvalue weighted by molar-refractivity contribution is 5.95. The molecule has 1 amide bonds. The van der Waals surface area contributed by atoms with Crippen molar-refractivity contribution in [2.24, 2.45) is 0 Å². The number of aromatic nitrogens is 4. The van der Waals surface area contributed by atoms with E-state index in [2.05, 4.69) is 20.4 Å². The molecular weight excluding hydrogens is 420 g/mol. The molecule has 9 nitrogen and oxygen atoms in total. The van der Waals surface area contributed by atoms with Crippen LogP contribution in [0.3, 0.4) is 0 Å². The van der Waals surface area contributed by atoms with E-state index in [0.717, 1.165) is 11.1 Å². The minimum absolute atomic E-state index is 0.206. The fourth-order valence-electron chi connectivity index (χ4n) is 3.64. The van der Waals surface area contributed by atoms with Crippen molar-refractivity contribution in [3.05, 3.63) is 123 Å². The summed E-state index contributed by atoms with van der Waals surface area (Å²) in [6, 6.07) is 13.9. The summed E-state index contributed by atoms with van der Waals surface area (Å²) in [5.74, 6) is -0.263. The van der Waals surface area contributed by atoms with E-state index in [1.807, 2.05) is 6.07 Å². The van der Waals surface area contributed by atoms with Gasteiger partial charge >= 0.3 is 5.69 Å². The van der Waals surface area contributed by atoms with Crippen LogP contribution in [0.15, 0.2) is 95.2 Å². The van der Waals surface area contributed by atoms with Crippen molar-refractivity contribution in [1.29, 1.82) is 0 Å². The van der Waals surface area contributed by atoms with E-state index >= 15 is 0 Å². The van der Waals surface area contributed by atoms with Gasteiger partial charge in [-0.1, -0.05) is 24.3 Å². The summed E-state index contributed by atoms with van der Waals surface area (Å²) < 4.78 is 1.48. The van der Waals surface area contributed by atoms with Crippen LogP contribution in [0.2, 0.25) is 0 Å². The highest BCUT2D eigenvalue weighted by Gasteiger charge is 2.17. The Morgan fingerprint density at radius 1 is 1.03 bits per heavy atom. The molecule has 1 aliphatic rings. The quantitative estimate of drug-likeness (QED) is 0.504. The average Bonchev–Trinajstić information content (AvgIpc) is 2.87. The minimum atomic E-state index is -0.502. The van der Waals surface area contributed by atoms with Gasteiger partial charge in [0.25, 0.3) is 11.5 Å². The van der Waals surface area contributed by atoms with Crippen LogP contribution in [-0.2, 0) is 6.54 Å². The minimum Gasteiger partial charge on any atom is -0.298 e. The van der Waals surface area contributed by atoms with E-state index in [4.69, 9.17) is 0 Å². The maximum absolute atomic E-state index is 13.0. The number of hydrogen-bond acceptors (Lipinski definition) is 6. The molecule has 0 fully saturated rings. The summed E-state index contributed by atoms with van der Waals surface area (Å²) in [4.78, 5) is 48.2. The molecule has 2 N–H and O–H groups in total. The number of benzene rings is 2. The number of fused-ring (bicyclic) bond motifs is 1. The van der Waals surface area contributed by atoms with Gasteiger partial charge in [-0.25, -0.2) is 9.80 Å². The molecule has 162 valence electrons. The van der Waals surface area contributed by atoms with Crippen molar-refractivity contribution in [3.8, 4) is 0 Å². The smallest absolute Gasteiger partial charge is 0.298 e. The largest absolute Gasteiger partial charge is 0.329 e. The highest BCUT2D eigenvalue weighted by atomic mass is 16.2. The van der Waals surface area contributed by atoms with Crippen LogP contribution in [0.25, 0.3) is 16.5 Å². The van der Waals surface area contributed by atoms with E-state index in [9.17, 15) is 14.4 Å². The molecule has 0 saturated heterocycles. The first kappa shape index (κ1) is 20.1. The number of para-hydroxylation sites is 1. The topological polar surface area (TPSA) is 113 Å². The van der Waals surface area contributed by atoms with Crippen LogP contribution in [0.1, 0.15) is 21.6 Å². The third-order valence-electron chi connectivity index (χ3n) is 5.26. The zero-order valence-corrected chi connectivity index (χ0v) is 17.3. The summed E-state index contributed by atoms with van der Waals surface area (Å²) in [5.41, 5.74) is 5.23. The Bertz CT molecular complexity index is 1540. The Morgan fingerprint density at radius 3 is 2.70 bits per heavy atom. The standard InChI is InChI=1S/C24H18N6O3/c31-22-19-6-1-2-7-21(19)29(24(33)28-22)15-16-4-3-5-17(12-16)23(32)30-11-8-18(13-27-30)20-14-25-9-10-26-20/h1-14,27H,15H2,(H,28,31,33). The summed E-state index contributed by atoms with van der Waals surface area (Å²) in [5, 5.41) is 1.79. The molecule has 33 heavy (non-hydrogen) atoms. The van der Waals surface area contributed by atoms with Gasteiger partial charge in [0.2, 0.25) is 0 Å². The molecule has 1 aliphatic heterocycles. The lowest BCUT2D eigenvalue weighted by molar-refractivity contribution is 0.0780. The molecule has 2 aromatic heterocycles. The lowest BCUT2D eigenvalue weighted by Gasteiger charge is -2.22. The van der Waals surface area contributed by atoms with E-state index in [0.29, 0.717) is 22.2 Å². The highest BCUT2D eigenvalue weighted by Crippen LogP contribution is 2.17. The molecule has 3 heterocycles. The van der Waals surface area contributed by atoms with Crippen molar-refractivity contribution in [2.45, 2.75) is 6.54 Å². The van der Waals surface area contributed by atoms with Gasteiger partial charge in [-0.15, -0.1) is 0 Å². The van der Waals surface area contributed by atoms with Crippen LogP contribution in [0.5, 0.6) is 0 Å². The number of hydrazine groups is 1. The molecule has 0 radical (unpaired) electrons. The molecule has 9 heteroatoms. The normalized spacial score (nSPS) is 13.0. The predicted octanol–water partition coefficient (Wildman–Crippen LogP) is 2.04. The zero-order chi connectivity index (χ0) is 22.8. The van der Waals surface area contributed by atoms with Gasteiger partial charge in [0.05, 0.1) is 29.3 Å². The van der Waals surface area contributed by atoms with E-state index in [1.54, 1.807) is 79.5 Å². The third-order valence-corrected chi connectivity index (χ3v) is 5.26. The van der Waals surface area contributed by atoms with Gasteiger partial charge in [0.15, 0.2) is 0 Å². The lowest BCUT2D eigenvalue weighted by Crippen LogP contribution is -2.37. The fraction of sp³-hybridized carbons (Fsp3) is 0.0417. The SMILES string of the molecule is O=C(c1cccc(Cn2c(=O)[nH]c(=O)c3ccccc32)c1)N1C=CC(c2cnccn2)=CN1. The monoisotopic (exact) mass is 438 g/mol. The Labute approximate surface area is 187 Å². The number of allylic oxidation sites excluding steroid dienone is 2. The summed E-state index contributed by atoms with van der Waals surface area (Å²) >= 11 is 0. The molecule has 4 aromatic rings. The maximum atomic E-state index is 13.0. The zero-order valence-electron chi connectivity index (χ0n) is 17.3. The molecule has 0 spiro atoms. The number of nitrogens with zero attached hydrogens (tertiary/aromatic N) is 4. The summed E-state index contributed by atoms with van der Waals surface area (Å²) in [6.45, 7) is 0.206. The molecule has 0 bridgehead atoms. The number of amides is 1. The lowest BCUT2D eigenvalue weighted by atomic mass is 10.1. The van der Waals surface area contributed by atoms with E-state index in [1.165, 1.54) is 9.58 Å². The van der Waals surface area contributed by atoms with Crippen LogP contribution in [0, 0.1) is 0 Å². The van der Waals surface area contributed by atoms with Crippen molar-refractivity contribution in [3.63, 3.8) is 0 Å². The van der Waals surface area contributed by atoms with Crippen molar-refractivity contribution >= 4 is 22.4 Å². The number of carbonyl (C=O) groups is 1. The van der Waals surface area contributed by atoms with E-state index in [-0.39, 0.29) is 12.5 Å². The van der Waals surface area contributed by atoms with Crippen LogP contribution >= 0.6 is 0 Å². The first-order valence-electron chi connectivity index (χ1n) is 10.2. The first-order valence-corrected chi connectivity index (χ1v) is 10.2. The molecule has 0 saturated carbocycles. The first-order chi connectivity index (χ1) is 16.1. The molecule has 0 atom stereocenters. The second-order valence-electron chi connectivity index (χ2n) is 7.37. The Morgan fingerprint density at radius 2 is 1.91 bits per heavy atom. The van der Waals surface area contributed by atoms with Gasteiger partial charge in [-0.3, -0.25) is 34.5 Å². The van der Waals surface area contributed by atoms with Crippen LogP contribution < -0.4 is 16.7 Å². The number of carbonyl (C=O) groups excluding carboxylic acids is 1. The molecule has 2 aromatic carbocycles. The average molecular weight is 438 g/mol. The Balaban J connectivity index is 1.39. The van der Waals surface area contributed by atoms with E-state index < -0.39 is 11.2 Å².